The summed E-state index contributed by atoms with van der Waals surface area (Å²) in [5, 5.41) is 14.8. The Morgan fingerprint density at radius 3 is 1.44 bits per heavy atom. The maximum Gasteiger partial charge on any atom is 0.212 e. The van der Waals surface area contributed by atoms with Crippen molar-refractivity contribution < 1.29 is 0 Å². The molecule has 0 atom stereocenters. The van der Waals surface area contributed by atoms with E-state index < -0.39 is 0 Å². The predicted molar refractivity (Wildman–Crippen MR) is 197 cm³/mol. The lowest BCUT2D eigenvalue weighted by Gasteiger charge is -2.19. The van der Waals surface area contributed by atoms with E-state index >= 15 is 0 Å². The summed E-state index contributed by atoms with van der Waals surface area (Å²) in [5.74, 6) is 0. The molecule has 0 spiro atoms. The number of hydrogen-bond donors (Lipinski definition) is 0. The molecule has 0 amide bonds. The average Bonchev–Trinajstić information content (AvgIpc) is 3.67. The molecule has 2 heterocycles. The van der Waals surface area contributed by atoms with Gasteiger partial charge in [-0.05, 0) is 70.8 Å². The highest BCUT2D eigenvalue weighted by molar-refractivity contribution is 6.11. The Kier molecular flexibility index (Phi) is 6.22. The van der Waals surface area contributed by atoms with Gasteiger partial charge in [-0.15, -0.1) is 0 Å². The second-order valence-electron chi connectivity index (χ2n) is 11.9. The number of aromatic nitrogens is 2. The van der Waals surface area contributed by atoms with E-state index in [0.29, 0.717) is 11.3 Å². The molecule has 48 heavy (non-hydrogen) atoms. The molecule has 4 heteroatoms. The van der Waals surface area contributed by atoms with E-state index in [2.05, 4.69) is 129 Å². The van der Waals surface area contributed by atoms with Crippen molar-refractivity contribution in [3.63, 3.8) is 0 Å². The van der Waals surface area contributed by atoms with Crippen molar-refractivity contribution in [3.05, 3.63) is 175 Å². The molecule has 0 unspecified atom stereocenters. The molecule has 0 saturated carbocycles. The molecule has 0 radical (unpaired) electrons. The molecular weight excluding hydrogens is 585 g/mol. The van der Waals surface area contributed by atoms with Crippen LogP contribution in [0.3, 0.4) is 0 Å². The fourth-order valence-corrected chi connectivity index (χ4v) is 7.33. The highest BCUT2D eigenvalue weighted by Crippen LogP contribution is 2.44. The molecule has 0 bridgehead atoms. The van der Waals surface area contributed by atoms with Gasteiger partial charge in [0.2, 0.25) is 5.69 Å². The number of nitrogens with zero attached hydrogens (tertiary/aromatic N) is 4. The van der Waals surface area contributed by atoms with Crippen LogP contribution < -0.4 is 0 Å². The first-order valence-corrected chi connectivity index (χ1v) is 15.9. The first-order valence-electron chi connectivity index (χ1n) is 15.9. The zero-order chi connectivity index (χ0) is 32.2. The van der Waals surface area contributed by atoms with Crippen molar-refractivity contribution >= 4 is 49.3 Å². The van der Waals surface area contributed by atoms with Gasteiger partial charge in [0.15, 0.2) is 0 Å². The van der Waals surface area contributed by atoms with Crippen molar-refractivity contribution in [1.82, 2.24) is 9.13 Å². The zero-order valence-corrected chi connectivity index (χ0v) is 25.8. The Morgan fingerprint density at radius 1 is 0.479 bits per heavy atom. The second-order valence-corrected chi connectivity index (χ2v) is 11.9. The fraction of sp³-hybridized carbons (Fsp3) is 0. The standard InChI is InChI=1S/C44H26N4/c1-46-39-27-29(28-45)26-38(44(39)48-42-20-10-6-16-36(42)37-17-7-11-21-43(37)48)33-13-3-2-12-32(33)30-22-24-31(25-23-30)47-40-18-8-4-14-34(40)35-15-5-9-19-41(35)47/h2-27H. The van der Waals surface area contributed by atoms with Crippen LogP contribution in [0.15, 0.2) is 158 Å². The van der Waals surface area contributed by atoms with E-state index in [1.54, 1.807) is 6.07 Å². The predicted octanol–water partition coefficient (Wildman–Crippen LogP) is 11.6. The number of fused-ring (bicyclic) bond motifs is 6. The average molecular weight is 611 g/mol. The molecule has 9 aromatic rings. The maximum absolute atomic E-state index is 10.1. The maximum atomic E-state index is 10.1. The molecule has 0 fully saturated rings. The monoisotopic (exact) mass is 610 g/mol. The minimum absolute atomic E-state index is 0.437. The lowest BCUT2D eigenvalue weighted by Crippen LogP contribution is -2.00. The zero-order valence-electron chi connectivity index (χ0n) is 25.8. The minimum Gasteiger partial charge on any atom is -0.318 e. The largest absolute Gasteiger partial charge is 0.318 e. The third-order valence-electron chi connectivity index (χ3n) is 9.38. The van der Waals surface area contributed by atoms with Crippen molar-refractivity contribution in [2.45, 2.75) is 0 Å². The van der Waals surface area contributed by atoms with Gasteiger partial charge in [-0.3, -0.25) is 0 Å². The van der Waals surface area contributed by atoms with Crippen LogP contribution in [0.25, 0.3) is 82.1 Å². The van der Waals surface area contributed by atoms with Gasteiger partial charge in [-0.25, -0.2) is 4.85 Å². The van der Waals surface area contributed by atoms with Gasteiger partial charge < -0.3 is 9.13 Å². The molecule has 222 valence electrons. The number of rotatable bonds is 4. The summed E-state index contributed by atoms with van der Waals surface area (Å²) >= 11 is 0. The molecule has 9 rings (SSSR count). The van der Waals surface area contributed by atoms with Gasteiger partial charge in [0.05, 0.1) is 40.4 Å². The van der Waals surface area contributed by atoms with Crippen molar-refractivity contribution in [3.8, 4) is 39.7 Å². The van der Waals surface area contributed by atoms with E-state index in [4.69, 9.17) is 6.57 Å². The van der Waals surface area contributed by atoms with Crippen molar-refractivity contribution in [1.29, 1.82) is 5.26 Å². The number of benzene rings is 7. The van der Waals surface area contributed by atoms with Crippen LogP contribution in [0.2, 0.25) is 0 Å². The lowest BCUT2D eigenvalue weighted by molar-refractivity contribution is 1.18. The minimum atomic E-state index is 0.437. The Labute approximate surface area is 277 Å². The highest BCUT2D eigenvalue weighted by atomic mass is 15.0. The molecule has 7 aromatic carbocycles. The molecule has 0 aliphatic heterocycles. The summed E-state index contributed by atoms with van der Waals surface area (Å²) in [6.07, 6.45) is 0. The number of hydrogen-bond acceptors (Lipinski definition) is 1. The van der Waals surface area contributed by atoms with Crippen LogP contribution in [0.5, 0.6) is 0 Å². The topological polar surface area (TPSA) is 38.0 Å². The van der Waals surface area contributed by atoms with E-state index in [-0.39, 0.29) is 0 Å². The van der Waals surface area contributed by atoms with E-state index in [0.717, 1.165) is 55.4 Å². The summed E-state index contributed by atoms with van der Waals surface area (Å²) in [4.78, 5) is 4.00. The Hall–Kier alpha value is -6.88. The molecule has 4 nitrogen and oxygen atoms in total. The third kappa shape index (κ3) is 4.07. The normalized spacial score (nSPS) is 11.3. The van der Waals surface area contributed by atoms with Crippen LogP contribution in [-0.4, -0.2) is 9.13 Å². The van der Waals surface area contributed by atoms with Crippen LogP contribution in [0.4, 0.5) is 5.69 Å². The van der Waals surface area contributed by atoms with Crippen molar-refractivity contribution in [2.75, 3.05) is 0 Å². The molecule has 0 aliphatic rings. The molecule has 0 saturated heterocycles. The molecule has 0 N–H and O–H groups in total. The summed E-state index contributed by atoms with van der Waals surface area (Å²) in [6, 6.07) is 56.6. The highest BCUT2D eigenvalue weighted by Gasteiger charge is 2.22. The van der Waals surface area contributed by atoms with E-state index in [9.17, 15) is 5.26 Å². The lowest BCUT2D eigenvalue weighted by atomic mass is 9.91. The Morgan fingerprint density at radius 2 is 0.938 bits per heavy atom. The van der Waals surface area contributed by atoms with Gasteiger partial charge in [0.1, 0.15) is 0 Å². The van der Waals surface area contributed by atoms with Gasteiger partial charge in [0, 0.05) is 32.8 Å². The summed E-state index contributed by atoms with van der Waals surface area (Å²) in [5.41, 5.74) is 11.0. The fourth-order valence-electron chi connectivity index (χ4n) is 7.33. The van der Waals surface area contributed by atoms with Crippen LogP contribution in [0, 0.1) is 17.9 Å². The first kappa shape index (κ1) is 27.4. The van der Waals surface area contributed by atoms with Gasteiger partial charge in [0.25, 0.3) is 0 Å². The third-order valence-corrected chi connectivity index (χ3v) is 9.38. The van der Waals surface area contributed by atoms with Gasteiger partial charge in [-0.1, -0.05) is 109 Å². The summed E-state index contributed by atoms with van der Waals surface area (Å²) < 4.78 is 4.51. The number of nitriles is 1. The van der Waals surface area contributed by atoms with Gasteiger partial charge in [-0.2, -0.15) is 5.26 Å². The second kappa shape index (κ2) is 10.9. The Bertz CT molecular complexity index is 2690. The Balaban J connectivity index is 1.27. The number of para-hydroxylation sites is 4. The van der Waals surface area contributed by atoms with Crippen LogP contribution in [-0.2, 0) is 0 Å². The quantitative estimate of drug-likeness (QED) is 0.183. The van der Waals surface area contributed by atoms with Gasteiger partial charge >= 0.3 is 0 Å². The summed E-state index contributed by atoms with van der Waals surface area (Å²) in [6.45, 7) is 8.26. The van der Waals surface area contributed by atoms with E-state index in [1.165, 1.54) is 21.8 Å². The molecular formula is C44H26N4. The van der Waals surface area contributed by atoms with Crippen molar-refractivity contribution in [2.24, 2.45) is 0 Å². The molecule has 2 aromatic heterocycles. The first-order chi connectivity index (χ1) is 23.7. The smallest absolute Gasteiger partial charge is 0.212 e. The van der Waals surface area contributed by atoms with Crippen LogP contribution in [0.1, 0.15) is 5.56 Å². The van der Waals surface area contributed by atoms with E-state index in [1.807, 2.05) is 42.5 Å². The SMILES string of the molecule is [C-]#[N+]c1cc(C#N)cc(-c2ccccc2-c2ccc(-n3c4ccccc4c4ccccc43)cc2)c1-n1c2ccccc2c2ccccc21. The van der Waals surface area contributed by atoms with Crippen LogP contribution >= 0.6 is 0 Å². The summed E-state index contributed by atoms with van der Waals surface area (Å²) in [7, 11) is 0. The molecule has 0 aliphatic carbocycles.